The van der Waals surface area contributed by atoms with Gasteiger partial charge in [-0.05, 0) is 6.42 Å². The summed E-state index contributed by atoms with van der Waals surface area (Å²) in [4.78, 5) is 16.5. The number of allylic oxidation sites excluding steroid dienone is 6. The van der Waals surface area contributed by atoms with Gasteiger partial charge in [0.05, 0.1) is 5.71 Å². The van der Waals surface area contributed by atoms with E-state index in [0.29, 0.717) is 12.1 Å². The first-order chi connectivity index (χ1) is 13.0. The minimum absolute atomic E-state index is 0.0825. The van der Waals surface area contributed by atoms with E-state index in [1.54, 1.807) is 20.8 Å². The van der Waals surface area contributed by atoms with Gasteiger partial charge in [0.2, 0.25) is 5.82 Å². The number of benzene rings is 1. The third kappa shape index (κ3) is 4.74. The molecule has 1 aliphatic carbocycles. The standard InChI is InChI=1S/C20H18F5NO2/c1-20(2,3)12(10-11-8-6-4-5-7-9-11)26-28-19(27)13-14(21)16(23)18(25)17(24)15(13)22/h4-9,11H,10H2,1-3H3/b26-12-. The lowest BCUT2D eigenvalue weighted by atomic mass is 9.84. The summed E-state index contributed by atoms with van der Waals surface area (Å²) in [5.74, 6) is -13.2. The van der Waals surface area contributed by atoms with Crippen LogP contribution in [0.3, 0.4) is 0 Å². The van der Waals surface area contributed by atoms with Gasteiger partial charge < -0.3 is 4.84 Å². The van der Waals surface area contributed by atoms with Crippen LogP contribution in [0.1, 0.15) is 37.6 Å². The zero-order valence-corrected chi connectivity index (χ0v) is 15.4. The first-order valence-electron chi connectivity index (χ1n) is 8.35. The van der Waals surface area contributed by atoms with Crippen LogP contribution in [0.5, 0.6) is 0 Å². The van der Waals surface area contributed by atoms with Crippen LogP contribution in [0.4, 0.5) is 22.0 Å². The normalized spacial score (nSPS) is 15.1. The molecule has 0 atom stereocenters. The Morgan fingerprint density at radius 1 is 0.893 bits per heavy atom. The van der Waals surface area contributed by atoms with Crippen molar-refractivity contribution >= 4 is 11.7 Å². The van der Waals surface area contributed by atoms with Crippen molar-refractivity contribution in [2.24, 2.45) is 16.5 Å². The Labute approximate surface area is 158 Å². The van der Waals surface area contributed by atoms with E-state index in [0.717, 1.165) is 0 Å². The van der Waals surface area contributed by atoms with Crippen molar-refractivity contribution < 1.29 is 31.6 Å². The molecule has 1 aromatic carbocycles. The second-order valence-corrected chi connectivity index (χ2v) is 7.13. The molecule has 0 saturated heterocycles. The molecule has 2 rings (SSSR count). The molecule has 150 valence electrons. The predicted molar refractivity (Wildman–Crippen MR) is 94.1 cm³/mol. The third-order valence-corrected chi connectivity index (χ3v) is 4.00. The van der Waals surface area contributed by atoms with Crippen molar-refractivity contribution in [2.45, 2.75) is 27.2 Å². The van der Waals surface area contributed by atoms with E-state index in [4.69, 9.17) is 0 Å². The fraction of sp³-hybridized carbons (Fsp3) is 0.300. The number of oxime groups is 1. The van der Waals surface area contributed by atoms with Crippen LogP contribution in [0, 0.1) is 40.4 Å². The highest BCUT2D eigenvalue weighted by Crippen LogP contribution is 2.26. The molecule has 0 unspecified atom stereocenters. The zero-order chi connectivity index (χ0) is 21.1. The Morgan fingerprint density at radius 3 is 1.82 bits per heavy atom. The van der Waals surface area contributed by atoms with E-state index >= 15 is 0 Å². The van der Waals surface area contributed by atoms with Crippen molar-refractivity contribution in [3.8, 4) is 0 Å². The lowest BCUT2D eigenvalue weighted by Gasteiger charge is -2.22. The van der Waals surface area contributed by atoms with Gasteiger partial charge in [-0.1, -0.05) is 62.4 Å². The van der Waals surface area contributed by atoms with Crippen LogP contribution >= 0.6 is 0 Å². The zero-order valence-electron chi connectivity index (χ0n) is 15.4. The Bertz CT molecular complexity index is 850. The molecule has 1 aliphatic rings. The molecule has 1 aromatic rings. The number of hydrogen-bond acceptors (Lipinski definition) is 3. The number of nitrogens with zero attached hydrogens (tertiary/aromatic N) is 1. The number of carbonyl (C=O) groups excluding carboxylic acids is 1. The lowest BCUT2D eigenvalue weighted by molar-refractivity contribution is 0.0496. The van der Waals surface area contributed by atoms with Gasteiger partial charge in [-0.15, -0.1) is 0 Å². The van der Waals surface area contributed by atoms with Crippen LogP contribution in [0.25, 0.3) is 0 Å². The summed E-state index contributed by atoms with van der Waals surface area (Å²) >= 11 is 0. The van der Waals surface area contributed by atoms with Crippen molar-refractivity contribution in [2.75, 3.05) is 0 Å². The Kier molecular flexibility index (Phi) is 6.53. The molecule has 0 aromatic heterocycles. The summed E-state index contributed by atoms with van der Waals surface area (Å²) in [5.41, 5.74) is -1.91. The second kappa shape index (κ2) is 8.50. The lowest BCUT2D eigenvalue weighted by Crippen LogP contribution is -2.24. The Balaban J connectivity index is 2.31. The van der Waals surface area contributed by atoms with Gasteiger partial charge in [0.25, 0.3) is 0 Å². The molecule has 8 heteroatoms. The quantitative estimate of drug-likeness (QED) is 0.164. The molecule has 0 N–H and O–H groups in total. The summed E-state index contributed by atoms with van der Waals surface area (Å²) in [7, 11) is 0. The number of carbonyl (C=O) groups is 1. The van der Waals surface area contributed by atoms with Crippen molar-refractivity contribution in [3.63, 3.8) is 0 Å². The van der Waals surface area contributed by atoms with Gasteiger partial charge in [0, 0.05) is 11.3 Å². The molecule has 3 nitrogen and oxygen atoms in total. The van der Waals surface area contributed by atoms with Crippen LogP contribution < -0.4 is 0 Å². The minimum atomic E-state index is -2.36. The molecule has 28 heavy (non-hydrogen) atoms. The summed E-state index contributed by atoms with van der Waals surface area (Å²) in [6.45, 7) is 5.33. The maximum absolute atomic E-state index is 13.7. The second-order valence-electron chi connectivity index (χ2n) is 7.13. The number of halogens is 5. The molecule has 0 bridgehead atoms. The van der Waals surface area contributed by atoms with Crippen molar-refractivity contribution in [1.29, 1.82) is 0 Å². The molecule has 0 saturated carbocycles. The average Bonchev–Trinajstić information content (AvgIpc) is 2.89. The SMILES string of the molecule is CC(C)(C)/C(CC1C=CC=CC=C1)=N\OC(=O)c1c(F)c(F)c(F)c(F)c1F. The van der Waals surface area contributed by atoms with Gasteiger partial charge in [0.15, 0.2) is 23.3 Å². The maximum atomic E-state index is 13.7. The van der Waals surface area contributed by atoms with Gasteiger partial charge in [0.1, 0.15) is 5.56 Å². The fourth-order valence-electron chi connectivity index (χ4n) is 2.37. The monoisotopic (exact) mass is 399 g/mol. The van der Waals surface area contributed by atoms with E-state index in [2.05, 4.69) is 9.99 Å². The topological polar surface area (TPSA) is 38.7 Å². The van der Waals surface area contributed by atoms with Crippen molar-refractivity contribution in [1.82, 2.24) is 0 Å². The predicted octanol–water partition coefficient (Wildman–Crippen LogP) is 5.63. The molecule has 0 radical (unpaired) electrons. The van der Waals surface area contributed by atoms with E-state index in [-0.39, 0.29) is 5.92 Å². The van der Waals surface area contributed by atoms with E-state index in [9.17, 15) is 26.7 Å². The van der Waals surface area contributed by atoms with Crippen LogP contribution in [-0.2, 0) is 4.84 Å². The van der Waals surface area contributed by atoms with E-state index in [1.807, 2.05) is 36.5 Å². The summed E-state index contributed by atoms with van der Waals surface area (Å²) in [6.07, 6.45) is 11.4. The molecule has 0 aliphatic heterocycles. The first kappa shape index (κ1) is 21.5. The van der Waals surface area contributed by atoms with E-state index in [1.165, 1.54) is 0 Å². The Morgan fingerprint density at radius 2 is 1.36 bits per heavy atom. The van der Waals surface area contributed by atoms with Crippen LogP contribution in [0.2, 0.25) is 0 Å². The molecular weight excluding hydrogens is 381 g/mol. The average molecular weight is 399 g/mol. The summed E-state index contributed by atoms with van der Waals surface area (Å²) in [6, 6.07) is 0. The molecule has 0 amide bonds. The highest BCUT2D eigenvalue weighted by molar-refractivity contribution is 5.93. The minimum Gasteiger partial charge on any atom is -0.313 e. The van der Waals surface area contributed by atoms with Gasteiger partial charge in [-0.3, -0.25) is 0 Å². The molecular formula is C20H18F5NO2. The fourth-order valence-corrected chi connectivity index (χ4v) is 2.37. The molecule has 0 fully saturated rings. The highest BCUT2D eigenvalue weighted by atomic mass is 19.2. The van der Waals surface area contributed by atoms with Gasteiger partial charge in [-0.25, -0.2) is 26.7 Å². The smallest absolute Gasteiger partial charge is 0.313 e. The largest absolute Gasteiger partial charge is 0.371 e. The van der Waals surface area contributed by atoms with E-state index < -0.39 is 46.0 Å². The summed E-state index contributed by atoms with van der Waals surface area (Å²) in [5, 5.41) is 3.67. The highest BCUT2D eigenvalue weighted by Gasteiger charge is 2.31. The summed E-state index contributed by atoms with van der Waals surface area (Å²) < 4.78 is 67.1. The van der Waals surface area contributed by atoms with Gasteiger partial charge >= 0.3 is 5.97 Å². The number of hydrogen-bond donors (Lipinski definition) is 0. The van der Waals surface area contributed by atoms with Crippen molar-refractivity contribution in [3.05, 3.63) is 71.1 Å². The first-order valence-corrected chi connectivity index (χ1v) is 8.35. The Hall–Kier alpha value is -2.77. The molecule has 0 spiro atoms. The third-order valence-electron chi connectivity index (χ3n) is 4.00. The number of rotatable bonds is 4. The molecule has 0 heterocycles. The van der Waals surface area contributed by atoms with Gasteiger partial charge in [-0.2, -0.15) is 0 Å². The van der Waals surface area contributed by atoms with Crippen LogP contribution in [0.15, 0.2) is 41.6 Å². The maximum Gasteiger partial charge on any atom is 0.371 e. The van der Waals surface area contributed by atoms with Crippen LogP contribution in [-0.4, -0.2) is 11.7 Å².